The second-order valence-electron chi connectivity index (χ2n) is 1.87. The van der Waals surface area contributed by atoms with E-state index in [0.29, 0.717) is 0 Å². The molecule has 0 aromatic carbocycles. The second kappa shape index (κ2) is 5.76. The lowest BCUT2D eigenvalue weighted by Gasteiger charge is -2.01. The smallest absolute Gasteiger partial charge is 0.333 e. The summed E-state index contributed by atoms with van der Waals surface area (Å²) in [4.78, 5) is 30.8. The summed E-state index contributed by atoms with van der Waals surface area (Å²) in [5, 5.41) is 8.11. The molecule has 1 N–H and O–H groups in total. The molecule has 13 heavy (non-hydrogen) atoms. The summed E-state index contributed by atoms with van der Waals surface area (Å²) < 4.78 is 8.47. The van der Waals surface area contributed by atoms with E-state index in [1.54, 1.807) is 0 Å². The van der Waals surface area contributed by atoms with Gasteiger partial charge in [-0.25, -0.2) is 4.79 Å². The Morgan fingerprint density at radius 3 is 2.38 bits per heavy atom. The summed E-state index contributed by atoms with van der Waals surface area (Å²) in [5.41, 5.74) is 0. The van der Waals surface area contributed by atoms with Crippen LogP contribution >= 0.6 is 0 Å². The number of hydrogen-bond donors (Lipinski definition) is 1. The Hall–Kier alpha value is -1.85. The van der Waals surface area contributed by atoms with E-state index in [2.05, 4.69) is 16.1 Å². The Balaban J connectivity index is 3.53. The molecule has 6 heteroatoms. The van der Waals surface area contributed by atoms with Crippen LogP contribution in [-0.4, -0.2) is 29.8 Å². The molecule has 0 bridgehead atoms. The monoisotopic (exact) mass is 188 g/mol. The maximum Gasteiger partial charge on any atom is 0.333 e. The molecule has 0 aliphatic carbocycles. The molecule has 0 aromatic heterocycles. The average molecular weight is 188 g/mol. The minimum Gasteiger partial charge on any atom is -0.481 e. The Bertz CT molecular complexity index is 231. The van der Waals surface area contributed by atoms with Gasteiger partial charge in [0.05, 0.1) is 0 Å². The lowest BCUT2D eigenvalue weighted by atomic mass is 10.4. The van der Waals surface area contributed by atoms with Crippen molar-refractivity contribution in [1.82, 2.24) is 0 Å². The van der Waals surface area contributed by atoms with Crippen molar-refractivity contribution in [2.45, 2.75) is 6.42 Å². The van der Waals surface area contributed by atoms with E-state index in [-0.39, 0.29) is 0 Å². The first-order valence-corrected chi connectivity index (χ1v) is 3.23. The number of carboxylic acid groups (broad SMARTS) is 1. The number of rotatable bonds is 5. The van der Waals surface area contributed by atoms with Crippen molar-refractivity contribution < 1.29 is 29.0 Å². The van der Waals surface area contributed by atoms with E-state index >= 15 is 0 Å². The van der Waals surface area contributed by atoms with Gasteiger partial charge in [0.15, 0.2) is 0 Å². The van der Waals surface area contributed by atoms with Crippen LogP contribution in [0.1, 0.15) is 6.42 Å². The first-order chi connectivity index (χ1) is 6.06. The molecule has 0 atom stereocenters. The van der Waals surface area contributed by atoms with E-state index in [0.717, 1.165) is 6.08 Å². The molecule has 0 aromatic rings. The maximum atomic E-state index is 10.5. The second-order valence-corrected chi connectivity index (χ2v) is 1.87. The number of carboxylic acids is 1. The molecular formula is C7H8O6. The van der Waals surface area contributed by atoms with Gasteiger partial charge in [-0.05, 0) is 0 Å². The van der Waals surface area contributed by atoms with Crippen LogP contribution < -0.4 is 0 Å². The summed E-state index contributed by atoms with van der Waals surface area (Å²) in [6.45, 7) is 2.50. The zero-order valence-corrected chi connectivity index (χ0v) is 6.69. The van der Waals surface area contributed by atoms with E-state index in [4.69, 9.17) is 5.11 Å². The fourth-order valence-corrected chi connectivity index (χ4v) is 0.387. The fraction of sp³-hybridized carbons (Fsp3) is 0.286. The van der Waals surface area contributed by atoms with Crippen molar-refractivity contribution >= 4 is 17.9 Å². The molecule has 0 aliphatic rings. The third kappa shape index (κ3) is 6.54. The van der Waals surface area contributed by atoms with E-state index in [9.17, 15) is 14.4 Å². The molecule has 0 amide bonds. The number of hydrogen-bond acceptors (Lipinski definition) is 5. The van der Waals surface area contributed by atoms with Crippen LogP contribution in [0.25, 0.3) is 0 Å². The highest BCUT2D eigenvalue weighted by Gasteiger charge is 2.08. The Morgan fingerprint density at radius 2 is 1.92 bits per heavy atom. The molecule has 0 spiro atoms. The highest BCUT2D eigenvalue weighted by molar-refractivity contribution is 5.90. The van der Waals surface area contributed by atoms with Crippen molar-refractivity contribution in [2.24, 2.45) is 0 Å². The number of aliphatic carboxylic acids is 1. The quantitative estimate of drug-likeness (QED) is 0.275. The first kappa shape index (κ1) is 11.2. The average Bonchev–Trinajstić information content (AvgIpc) is 2.02. The SMILES string of the molecule is C=CC(=O)OCOC(=O)CC(=O)O. The van der Waals surface area contributed by atoms with Crippen LogP contribution in [0.3, 0.4) is 0 Å². The Morgan fingerprint density at radius 1 is 1.31 bits per heavy atom. The van der Waals surface area contributed by atoms with Gasteiger partial charge in [-0.3, -0.25) is 9.59 Å². The summed E-state index contributed by atoms with van der Waals surface area (Å²) in [6.07, 6.45) is 0.136. The molecule has 0 rings (SSSR count). The van der Waals surface area contributed by atoms with Crippen LogP contribution in [0.2, 0.25) is 0 Å². The predicted octanol–water partition coefficient (Wildman–Crippen LogP) is -0.309. The van der Waals surface area contributed by atoms with E-state index in [1.165, 1.54) is 0 Å². The van der Waals surface area contributed by atoms with Gasteiger partial charge in [-0.2, -0.15) is 0 Å². The maximum absolute atomic E-state index is 10.5. The third-order valence-corrected chi connectivity index (χ3v) is 0.883. The van der Waals surface area contributed by atoms with Crippen molar-refractivity contribution in [2.75, 3.05) is 6.79 Å². The highest BCUT2D eigenvalue weighted by atomic mass is 16.7. The van der Waals surface area contributed by atoms with Crippen molar-refractivity contribution in [3.05, 3.63) is 12.7 Å². The van der Waals surface area contributed by atoms with Gasteiger partial charge in [-0.15, -0.1) is 0 Å². The van der Waals surface area contributed by atoms with Crippen molar-refractivity contribution in [1.29, 1.82) is 0 Å². The third-order valence-electron chi connectivity index (χ3n) is 0.883. The van der Waals surface area contributed by atoms with Crippen LogP contribution in [0, 0.1) is 0 Å². The molecule has 0 aliphatic heterocycles. The van der Waals surface area contributed by atoms with Gasteiger partial charge in [0.2, 0.25) is 6.79 Å². The lowest BCUT2D eigenvalue weighted by molar-refractivity contribution is -0.165. The van der Waals surface area contributed by atoms with Crippen LogP contribution in [0.4, 0.5) is 0 Å². The molecule has 0 unspecified atom stereocenters. The van der Waals surface area contributed by atoms with Crippen molar-refractivity contribution in [3.8, 4) is 0 Å². The Labute approximate surface area is 73.7 Å². The van der Waals surface area contributed by atoms with Crippen molar-refractivity contribution in [3.63, 3.8) is 0 Å². The minimum atomic E-state index is -1.31. The molecule has 0 fully saturated rings. The zero-order valence-electron chi connectivity index (χ0n) is 6.69. The first-order valence-electron chi connectivity index (χ1n) is 3.23. The number of carbonyl (C=O) groups excluding carboxylic acids is 2. The largest absolute Gasteiger partial charge is 0.481 e. The van der Waals surface area contributed by atoms with Gasteiger partial charge >= 0.3 is 17.9 Å². The Kier molecular flexibility index (Phi) is 4.94. The summed E-state index contributed by atoms with van der Waals surface area (Å²) in [6, 6.07) is 0. The van der Waals surface area contributed by atoms with Crippen LogP contribution in [0.5, 0.6) is 0 Å². The summed E-state index contributed by atoms with van der Waals surface area (Å²) in [7, 11) is 0. The molecular weight excluding hydrogens is 180 g/mol. The lowest BCUT2D eigenvalue weighted by Crippen LogP contribution is -2.14. The molecule has 0 saturated heterocycles. The molecule has 72 valence electrons. The molecule has 0 saturated carbocycles. The van der Waals surface area contributed by atoms with E-state index in [1.807, 2.05) is 0 Å². The summed E-state index contributed by atoms with van der Waals surface area (Å²) in [5.74, 6) is -3.02. The van der Waals surface area contributed by atoms with E-state index < -0.39 is 31.1 Å². The number of ether oxygens (including phenoxy) is 2. The number of esters is 2. The predicted molar refractivity (Wildman–Crippen MR) is 39.5 cm³/mol. The number of carbonyl (C=O) groups is 3. The fourth-order valence-electron chi connectivity index (χ4n) is 0.387. The van der Waals surface area contributed by atoms with Gasteiger partial charge in [0.1, 0.15) is 6.42 Å². The molecule has 6 nitrogen and oxygen atoms in total. The van der Waals surface area contributed by atoms with Gasteiger partial charge in [0.25, 0.3) is 0 Å². The highest BCUT2D eigenvalue weighted by Crippen LogP contribution is 1.88. The zero-order chi connectivity index (χ0) is 10.3. The topological polar surface area (TPSA) is 89.9 Å². The van der Waals surface area contributed by atoms with Gasteiger partial charge in [0, 0.05) is 6.08 Å². The standard InChI is InChI=1S/C7H8O6/c1-2-6(10)12-4-13-7(11)3-5(8)9/h2H,1,3-4H2,(H,8,9). The minimum absolute atomic E-state index is 0.600. The summed E-state index contributed by atoms with van der Waals surface area (Å²) >= 11 is 0. The normalized spacial score (nSPS) is 8.62. The molecule has 0 heterocycles. The molecule has 0 radical (unpaired) electrons. The van der Waals surface area contributed by atoms with Crippen LogP contribution in [0.15, 0.2) is 12.7 Å². The van der Waals surface area contributed by atoms with Crippen LogP contribution in [-0.2, 0) is 23.9 Å². The van der Waals surface area contributed by atoms with Gasteiger partial charge < -0.3 is 14.6 Å². The van der Waals surface area contributed by atoms with Gasteiger partial charge in [-0.1, -0.05) is 6.58 Å².